The number of nitriles is 1. The van der Waals surface area contributed by atoms with Gasteiger partial charge in [0.25, 0.3) is 0 Å². The number of alkyl halides is 2. The summed E-state index contributed by atoms with van der Waals surface area (Å²) in [5, 5.41) is 8.69. The minimum atomic E-state index is -2.46. The van der Waals surface area contributed by atoms with E-state index < -0.39 is 11.8 Å². The molecule has 0 heterocycles. The second-order valence-corrected chi connectivity index (χ2v) is 4.60. The van der Waals surface area contributed by atoms with E-state index >= 15 is 0 Å². The Hall–Kier alpha value is -1.17. The summed E-state index contributed by atoms with van der Waals surface area (Å²) in [7, 11) is 0. The Morgan fingerprint density at radius 1 is 1.31 bits per heavy atom. The smallest absolute Gasteiger partial charge is 0.237 e. The maximum atomic E-state index is 14.0. The lowest BCUT2D eigenvalue weighted by Gasteiger charge is -2.31. The Morgan fingerprint density at radius 2 is 2.00 bits per heavy atom. The molecule has 0 aromatic carbocycles. The monoisotopic (exact) mass is 223 g/mol. The van der Waals surface area contributed by atoms with Crippen LogP contribution in [0.1, 0.15) is 32.1 Å². The van der Waals surface area contributed by atoms with Gasteiger partial charge in [-0.1, -0.05) is 31.4 Å². The summed E-state index contributed by atoms with van der Waals surface area (Å²) in [6, 6.07) is 1.43. The fourth-order valence-corrected chi connectivity index (χ4v) is 2.58. The van der Waals surface area contributed by atoms with Gasteiger partial charge >= 0.3 is 0 Å². The largest absolute Gasteiger partial charge is 0.249 e. The predicted octanol–water partition coefficient (Wildman–Crippen LogP) is 3.63. The Morgan fingerprint density at radius 3 is 2.62 bits per heavy atom. The van der Waals surface area contributed by atoms with Gasteiger partial charge in [-0.25, -0.2) is 8.78 Å². The Labute approximate surface area is 94.5 Å². The summed E-state index contributed by atoms with van der Waals surface area (Å²) < 4.78 is 27.8. The second kappa shape index (κ2) is 4.37. The molecule has 2 atom stereocenters. The first kappa shape index (κ1) is 11.3. The van der Waals surface area contributed by atoms with Gasteiger partial charge in [-0.15, -0.1) is 0 Å². The van der Waals surface area contributed by atoms with Gasteiger partial charge in [0.1, 0.15) is 6.07 Å². The number of rotatable bonds is 1. The van der Waals surface area contributed by atoms with Crippen molar-refractivity contribution in [1.29, 1.82) is 5.26 Å². The molecule has 0 saturated heterocycles. The summed E-state index contributed by atoms with van der Waals surface area (Å²) in [6.45, 7) is 0. The van der Waals surface area contributed by atoms with Crippen molar-refractivity contribution >= 4 is 0 Å². The summed E-state index contributed by atoms with van der Waals surface area (Å²) in [5.74, 6) is 0.122. The van der Waals surface area contributed by atoms with Crippen molar-refractivity contribution in [2.45, 2.75) is 43.9 Å². The van der Waals surface area contributed by atoms with Crippen molar-refractivity contribution in [3.63, 3.8) is 0 Å². The number of allylic oxidation sites excluding steroid dienone is 4. The van der Waals surface area contributed by atoms with E-state index in [0.717, 1.165) is 31.8 Å². The van der Waals surface area contributed by atoms with Crippen LogP contribution in [-0.4, -0.2) is 11.8 Å². The molecule has 0 aliphatic heterocycles. The average Bonchev–Trinajstić information content (AvgIpc) is 2.34. The molecule has 0 spiro atoms. The van der Waals surface area contributed by atoms with E-state index in [0.29, 0.717) is 5.57 Å². The van der Waals surface area contributed by atoms with Gasteiger partial charge in [0.15, 0.2) is 6.17 Å². The molecule has 1 saturated carbocycles. The third kappa shape index (κ3) is 1.89. The Kier molecular flexibility index (Phi) is 3.09. The van der Waals surface area contributed by atoms with Gasteiger partial charge in [0.05, 0.1) is 0 Å². The van der Waals surface area contributed by atoms with Crippen LogP contribution < -0.4 is 0 Å². The minimum absolute atomic E-state index is 0.122. The second-order valence-electron chi connectivity index (χ2n) is 4.60. The van der Waals surface area contributed by atoms with Crippen LogP contribution >= 0.6 is 0 Å². The molecule has 16 heavy (non-hydrogen) atoms. The number of hydrogen-bond acceptors (Lipinski definition) is 1. The maximum Gasteiger partial charge on any atom is 0.249 e. The molecule has 2 unspecified atom stereocenters. The van der Waals surface area contributed by atoms with E-state index in [1.54, 1.807) is 6.08 Å². The molecule has 2 rings (SSSR count). The average molecular weight is 223 g/mol. The molecule has 0 N–H and O–H groups in total. The molecular weight excluding hydrogens is 208 g/mol. The summed E-state index contributed by atoms with van der Waals surface area (Å²) in [6.07, 6.45) is 7.52. The molecule has 0 bridgehead atoms. The first-order chi connectivity index (χ1) is 7.67. The quantitative estimate of drug-likeness (QED) is 0.665. The number of halogens is 2. The first-order valence-electron chi connectivity index (χ1n) is 5.81. The highest BCUT2D eigenvalue weighted by Gasteiger charge is 2.43. The molecule has 0 aromatic heterocycles. The van der Waals surface area contributed by atoms with E-state index in [2.05, 4.69) is 0 Å². The molecule has 0 aromatic rings. The zero-order valence-corrected chi connectivity index (χ0v) is 9.13. The highest BCUT2D eigenvalue weighted by molar-refractivity contribution is 5.37. The van der Waals surface area contributed by atoms with Gasteiger partial charge in [-0.2, -0.15) is 5.26 Å². The van der Waals surface area contributed by atoms with Gasteiger partial charge in [-0.3, -0.25) is 0 Å². The number of nitrogens with zero attached hydrogens (tertiary/aromatic N) is 1. The van der Waals surface area contributed by atoms with Gasteiger partial charge in [0, 0.05) is 0 Å². The molecular formula is C13H15F2N. The standard InChI is InChI=1S/C13H15F2N/c14-12-11(10-5-2-1-3-6-10)7-4-8-13(12,15)9-16/h4,7-8,10,12H,1-3,5-6H2. The van der Waals surface area contributed by atoms with E-state index in [9.17, 15) is 8.78 Å². The molecule has 0 amide bonds. The van der Waals surface area contributed by atoms with Crippen LogP contribution in [0.3, 0.4) is 0 Å². The Balaban J connectivity index is 2.19. The van der Waals surface area contributed by atoms with Crippen molar-refractivity contribution in [2.24, 2.45) is 5.92 Å². The van der Waals surface area contributed by atoms with E-state index in [-0.39, 0.29) is 5.92 Å². The van der Waals surface area contributed by atoms with Crippen LogP contribution in [0.5, 0.6) is 0 Å². The third-order valence-corrected chi connectivity index (χ3v) is 3.54. The van der Waals surface area contributed by atoms with Crippen molar-refractivity contribution in [3.8, 4) is 6.07 Å². The van der Waals surface area contributed by atoms with Gasteiger partial charge < -0.3 is 0 Å². The molecule has 1 fully saturated rings. The van der Waals surface area contributed by atoms with Crippen LogP contribution in [0.15, 0.2) is 23.8 Å². The van der Waals surface area contributed by atoms with E-state index in [1.807, 2.05) is 0 Å². The van der Waals surface area contributed by atoms with Crippen molar-refractivity contribution in [2.75, 3.05) is 0 Å². The zero-order valence-electron chi connectivity index (χ0n) is 9.13. The highest BCUT2D eigenvalue weighted by atomic mass is 19.2. The summed E-state index contributed by atoms with van der Waals surface area (Å²) >= 11 is 0. The van der Waals surface area contributed by atoms with Crippen LogP contribution in [0.2, 0.25) is 0 Å². The topological polar surface area (TPSA) is 23.8 Å². The van der Waals surface area contributed by atoms with Crippen molar-refractivity contribution in [3.05, 3.63) is 23.8 Å². The molecule has 2 aliphatic carbocycles. The molecule has 1 nitrogen and oxygen atoms in total. The van der Waals surface area contributed by atoms with Gasteiger partial charge in [-0.05, 0) is 30.4 Å². The van der Waals surface area contributed by atoms with Crippen LogP contribution in [0.4, 0.5) is 8.78 Å². The lowest BCUT2D eigenvalue weighted by Crippen LogP contribution is -2.37. The SMILES string of the molecule is N#CC1(F)C=CC=C(C2CCCCC2)C1F. The number of hydrogen-bond donors (Lipinski definition) is 0. The fourth-order valence-electron chi connectivity index (χ4n) is 2.58. The lowest BCUT2D eigenvalue weighted by atomic mass is 9.77. The zero-order chi connectivity index (χ0) is 11.6. The predicted molar refractivity (Wildman–Crippen MR) is 58.1 cm³/mol. The Bertz CT molecular complexity index is 361. The fraction of sp³-hybridized carbons (Fsp3) is 0.615. The summed E-state index contributed by atoms with van der Waals surface area (Å²) in [5.41, 5.74) is -1.98. The molecule has 86 valence electrons. The normalized spacial score (nSPS) is 35.6. The van der Waals surface area contributed by atoms with E-state index in [1.165, 1.54) is 18.6 Å². The van der Waals surface area contributed by atoms with Crippen molar-refractivity contribution < 1.29 is 8.78 Å². The molecule has 2 aliphatic rings. The molecule has 0 radical (unpaired) electrons. The third-order valence-electron chi connectivity index (χ3n) is 3.54. The van der Waals surface area contributed by atoms with Crippen LogP contribution in [0, 0.1) is 17.2 Å². The minimum Gasteiger partial charge on any atom is -0.237 e. The maximum absolute atomic E-state index is 14.0. The molecule has 3 heteroatoms. The van der Waals surface area contributed by atoms with E-state index in [4.69, 9.17) is 5.26 Å². The lowest BCUT2D eigenvalue weighted by molar-refractivity contribution is 0.155. The highest BCUT2D eigenvalue weighted by Crippen LogP contribution is 2.39. The van der Waals surface area contributed by atoms with Crippen molar-refractivity contribution in [1.82, 2.24) is 0 Å². The van der Waals surface area contributed by atoms with Gasteiger partial charge in [0.2, 0.25) is 5.67 Å². The first-order valence-corrected chi connectivity index (χ1v) is 5.81. The van der Waals surface area contributed by atoms with Crippen LogP contribution in [0.25, 0.3) is 0 Å². The summed E-state index contributed by atoms with van der Waals surface area (Å²) in [4.78, 5) is 0. The van der Waals surface area contributed by atoms with Crippen LogP contribution in [-0.2, 0) is 0 Å².